The summed E-state index contributed by atoms with van der Waals surface area (Å²) in [7, 11) is 1.40. The van der Waals surface area contributed by atoms with Crippen molar-refractivity contribution in [3.05, 3.63) is 134 Å². The molecule has 0 rings (SSSR count). The minimum Gasteiger partial charge on any atom is -0.462 e. The lowest BCUT2D eigenvalue weighted by Crippen LogP contribution is -2.37. The first-order valence-corrected chi connectivity index (χ1v) is 25.4. The molecule has 2 unspecified atom stereocenters. The summed E-state index contributed by atoms with van der Waals surface area (Å²) in [6.45, 7) is 4.07. The van der Waals surface area contributed by atoms with Crippen molar-refractivity contribution in [2.75, 3.05) is 47.5 Å². The number of hydrogen-bond donors (Lipinski definition) is 1. The molecule has 9 nitrogen and oxygen atoms in total. The van der Waals surface area contributed by atoms with Crippen LogP contribution >= 0.6 is 7.82 Å². The van der Waals surface area contributed by atoms with Gasteiger partial charge in [-0.2, -0.15) is 0 Å². The summed E-state index contributed by atoms with van der Waals surface area (Å²) in [5.74, 6) is -0.903. The SMILES string of the molecule is CC/C=C\C/C=C\C/C=C\C/C=C\C/C=C\C/C=C\CCCCC(=O)OC(COC(=O)CCCCC/C=C\C/C=C\C/C=C\C/C=C\C/C=C\CC)COP(=O)(O)OCC[N+](C)(C)C. The van der Waals surface area contributed by atoms with Gasteiger partial charge < -0.3 is 18.9 Å². The second-order valence-electron chi connectivity index (χ2n) is 16.4. The minimum absolute atomic E-state index is 0.00849. The van der Waals surface area contributed by atoms with Crippen LogP contribution in [-0.4, -0.2) is 74.9 Å². The van der Waals surface area contributed by atoms with Crippen molar-refractivity contribution in [1.29, 1.82) is 0 Å². The molecule has 0 aromatic carbocycles. The van der Waals surface area contributed by atoms with Crippen molar-refractivity contribution in [3.8, 4) is 0 Å². The number of nitrogens with zero attached hydrogens (tertiary/aromatic N) is 1. The summed E-state index contributed by atoms with van der Waals surface area (Å²) in [4.78, 5) is 35.5. The maximum absolute atomic E-state index is 12.7. The molecule has 64 heavy (non-hydrogen) atoms. The lowest BCUT2D eigenvalue weighted by molar-refractivity contribution is -0.870. The van der Waals surface area contributed by atoms with E-state index in [-0.39, 0.29) is 26.1 Å². The third kappa shape index (κ3) is 47.6. The maximum atomic E-state index is 12.7. The Morgan fingerprint density at radius 1 is 0.484 bits per heavy atom. The first-order valence-electron chi connectivity index (χ1n) is 23.9. The molecule has 0 radical (unpaired) electrons. The predicted molar refractivity (Wildman–Crippen MR) is 270 cm³/mol. The topological polar surface area (TPSA) is 108 Å². The van der Waals surface area contributed by atoms with Crippen LogP contribution in [0.3, 0.4) is 0 Å². The van der Waals surface area contributed by atoms with Crippen LogP contribution in [0.5, 0.6) is 0 Å². The fraction of sp³-hybridized carbons (Fsp3) is 0.556. The Bertz CT molecular complexity index is 1540. The van der Waals surface area contributed by atoms with Gasteiger partial charge in [-0.3, -0.25) is 18.6 Å². The van der Waals surface area contributed by atoms with Gasteiger partial charge >= 0.3 is 19.8 Å². The number of unbranched alkanes of at least 4 members (excludes halogenated alkanes) is 5. The number of allylic oxidation sites excluding steroid dienone is 22. The third-order valence-electron chi connectivity index (χ3n) is 9.18. The highest BCUT2D eigenvalue weighted by Gasteiger charge is 2.27. The summed E-state index contributed by atoms with van der Waals surface area (Å²) >= 11 is 0. The summed E-state index contributed by atoms with van der Waals surface area (Å²) in [6, 6.07) is 0. The van der Waals surface area contributed by atoms with Crippen LogP contribution in [0.15, 0.2) is 134 Å². The van der Waals surface area contributed by atoms with Gasteiger partial charge in [-0.15, -0.1) is 0 Å². The maximum Gasteiger partial charge on any atom is 0.472 e. The molecule has 0 spiro atoms. The van der Waals surface area contributed by atoms with Crippen molar-refractivity contribution in [3.63, 3.8) is 0 Å². The van der Waals surface area contributed by atoms with Gasteiger partial charge in [0.25, 0.3) is 0 Å². The van der Waals surface area contributed by atoms with Crippen molar-refractivity contribution in [2.24, 2.45) is 0 Å². The molecule has 0 aromatic heterocycles. The average Bonchev–Trinajstić information content (AvgIpc) is 3.25. The molecule has 0 heterocycles. The molecule has 10 heteroatoms. The van der Waals surface area contributed by atoms with Crippen LogP contribution in [0.1, 0.15) is 142 Å². The van der Waals surface area contributed by atoms with Gasteiger partial charge in [0.15, 0.2) is 6.10 Å². The number of carbonyl (C=O) groups excluding carboxylic acids is 2. The van der Waals surface area contributed by atoms with E-state index in [1.807, 2.05) is 21.1 Å². The highest BCUT2D eigenvalue weighted by Crippen LogP contribution is 2.43. The fourth-order valence-corrected chi connectivity index (χ4v) is 6.25. The predicted octanol–water partition coefficient (Wildman–Crippen LogP) is 14.2. The largest absolute Gasteiger partial charge is 0.472 e. The molecule has 360 valence electrons. The molecule has 0 aromatic rings. The molecule has 0 saturated heterocycles. The Balaban J connectivity index is 4.50. The van der Waals surface area contributed by atoms with Crippen molar-refractivity contribution < 1.29 is 42.1 Å². The normalized spacial score (nSPS) is 14.7. The number of quaternary nitrogens is 1. The molecular formula is C54H87NO8P+. The summed E-state index contributed by atoms with van der Waals surface area (Å²) in [5, 5.41) is 0. The second-order valence-corrected chi connectivity index (χ2v) is 17.8. The zero-order valence-corrected chi connectivity index (χ0v) is 41.3. The van der Waals surface area contributed by atoms with Gasteiger partial charge in [-0.1, -0.05) is 154 Å². The number of carbonyl (C=O) groups is 2. The summed E-state index contributed by atoms with van der Waals surface area (Å²) < 4.78 is 34.3. The van der Waals surface area contributed by atoms with Gasteiger partial charge in [0.2, 0.25) is 0 Å². The van der Waals surface area contributed by atoms with E-state index in [9.17, 15) is 19.0 Å². The van der Waals surface area contributed by atoms with Gasteiger partial charge in [0.1, 0.15) is 19.8 Å². The molecule has 0 saturated carbocycles. The van der Waals surface area contributed by atoms with E-state index in [0.29, 0.717) is 23.9 Å². The quantitative estimate of drug-likeness (QED) is 0.0212. The van der Waals surface area contributed by atoms with E-state index in [0.717, 1.165) is 103 Å². The molecular weight excluding hydrogens is 822 g/mol. The summed E-state index contributed by atoms with van der Waals surface area (Å²) in [5.41, 5.74) is 0. The van der Waals surface area contributed by atoms with Crippen molar-refractivity contribution in [1.82, 2.24) is 0 Å². The second kappa shape index (κ2) is 44.4. The number of hydrogen-bond acceptors (Lipinski definition) is 7. The van der Waals surface area contributed by atoms with Crippen LogP contribution < -0.4 is 0 Å². The molecule has 0 aliphatic rings. The number of phosphoric ester groups is 1. The smallest absolute Gasteiger partial charge is 0.462 e. The van der Waals surface area contributed by atoms with E-state index in [1.54, 1.807) is 0 Å². The van der Waals surface area contributed by atoms with Crippen molar-refractivity contribution in [2.45, 2.75) is 148 Å². The number of esters is 2. The zero-order valence-electron chi connectivity index (χ0n) is 40.4. The average molecular weight is 909 g/mol. The first kappa shape index (κ1) is 60.2. The Labute approximate surface area is 390 Å². The van der Waals surface area contributed by atoms with Gasteiger partial charge in [-0.25, -0.2) is 4.57 Å². The van der Waals surface area contributed by atoms with Crippen LogP contribution in [0.4, 0.5) is 0 Å². The molecule has 2 atom stereocenters. The molecule has 0 bridgehead atoms. The van der Waals surface area contributed by atoms with Crippen LogP contribution in [-0.2, 0) is 32.7 Å². The van der Waals surface area contributed by atoms with Crippen molar-refractivity contribution >= 4 is 19.8 Å². The van der Waals surface area contributed by atoms with E-state index >= 15 is 0 Å². The van der Waals surface area contributed by atoms with E-state index < -0.39 is 32.5 Å². The van der Waals surface area contributed by atoms with E-state index in [1.165, 1.54) is 0 Å². The number of rotatable bonds is 41. The molecule has 0 aliphatic heterocycles. The Hall–Kier alpha value is -3.85. The van der Waals surface area contributed by atoms with Crippen LogP contribution in [0, 0.1) is 0 Å². The molecule has 0 fully saturated rings. The Kier molecular flexibility index (Phi) is 41.7. The van der Waals surface area contributed by atoms with Gasteiger partial charge in [0.05, 0.1) is 27.7 Å². The molecule has 0 aliphatic carbocycles. The number of likely N-dealkylation sites (N-methyl/N-ethyl adjacent to an activating group) is 1. The van der Waals surface area contributed by atoms with Gasteiger partial charge in [-0.05, 0) is 109 Å². The lowest BCUT2D eigenvalue weighted by atomic mass is 10.1. The van der Waals surface area contributed by atoms with Crippen LogP contribution in [0.2, 0.25) is 0 Å². The Morgan fingerprint density at radius 3 is 1.25 bits per heavy atom. The lowest BCUT2D eigenvalue weighted by Gasteiger charge is -2.24. The monoisotopic (exact) mass is 909 g/mol. The Morgan fingerprint density at radius 2 is 0.844 bits per heavy atom. The minimum atomic E-state index is -4.41. The van der Waals surface area contributed by atoms with Crippen LogP contribution in [0.25, 0.3) is 0 Å². The number of ether oxygens (including phenoxy) is 2. The fourth-order valence-electron chi connectivity index (χ4n) is 5.51. The molecule has 0 amide bonds. The highest BCUT2D eigenvalue weighted by molar-refractivity contribution is 7.47. The summed E-state index contributed by atoms with van der Waals surface area (Å²) in [6.07, 6.45) is 63.6. The van der Waals surface area contributed by atoms with Gasteiger partial charge in [0, 0.05) is 12.8 Å². The highest BCUT2D eigenvalue weighted by atomic mass is 31.2. The van der Waals surface area contributed by atoms with E-state index in [2.05, 4.69) is 148 Å². The first-order chi connectivity index (χ1) is 31.0. The standard InChI is InChI=1S/C54H86NO8P/c1-6-8-10-12-14-16-18-20-22-24-26-27-29-31-33-35-37-39-41-43-45-47-54(57)63-52(51-62-64(58,59)61-49-48-55(3,4)5)50-60-53(56)46-44-42-40-38-36-34-32-30-28-25-23-21-19-17-15-13-11-9-7-2/h8-11,14-17,20-23,26-28,30-31,33-34,36-37,39,52H,6-7,12-13,18-19,24-25,29,32,35,38,40-51H2,1-5H3/p+1/b10-8-,11-9-,16-14-,17-15-,22-20-,23-21-,27-26-,30-28-,33-31-,36-34-,39-37-. The number of phosphoric acid groups is 1. The molecule has 1 N–H and O–H groups in total. The third-order valence-corrected chi connectivity index (χ3v) is 10.2. The zero-order chi connectivity index (χ0) is 47.1. The van der Waals surface area contributed by atoms with E-state index in [4.69, 9.17) is 18.5 Å².